The number of hydrogen-bond donors (Lipinski definition) is 2. The molecule has 1 aromatic heterocycles. The van der Waals surface area contributed by atoms with Crippen LogP contribution in [0.25, 0.3) is 11.4 Å². The Kier molecular flexibility index (Phi) is 3.13. The number of ether oxygens (including phenoxy) is 1. The Morgan fingerprint density at radius 2 is 2.19 bits per heavy atom. The molecule has 0 radical (unpaired) electrons. The lowest BCUT2D eigenvalue weighted by Crippen LogP contribution is -2.37. The normalized spacial score (nSPS) is 13.9. The summed E-state index contributed by atoms with van der Waals surface area (Å²) in [6.07, 6.45) is -0.944. The quantitative estimate of drug-likeness (QED) is 0.800. The number of carbonyl (C=O) groups is 1. The second kappa shape index (κ2) is 4.97. The largest absolute Gasteiger partial charge is 0.495 e. The molecule has 8 nitrogen and oxygen atoms in total. The molecule has 0 saturated heterocycles. The molecule has 2 heterocycles. The summed E-state index contributed by atoms with van der Waals surface area (Å²) in [7, 11) is 1.56. The zero-order valence-electron chi connectivity index (χ0n) is 11.5. The molecule has 2 aromatic rings. The van der Waals surface area contributed by atoms with Crippen molar-refractivity contribution in [1.29, 1.82) is 0 Å². The van der Waals surface area contributed by atoms with Gasteiger partial charge >= 0.3 is 6.09 Å². The molecular weight excluding hydrogens is 274 g/mol. The number of fused-ring (bicyclic) bond motifs is 1. The molecular formula is C13H15N5O3. The summed E-state index contributed by atoms with van der Waals surface area (Å²) in [6.45, 7) is 1.19. The van der Waals surface area contributed by atoms with Crippen LogP contribution < -0.4 is 10.5 Å². The van der Waals surface area contributed by atoms with Crippen molar-refractivity contribution < 1.29 is 14.6 Å². The number of hydrogen-bond acceptors (Lipinski definition) is 5. The number of rotatable bonds is 2. The van der Waals surface area contributed by atoms with E-state index in [2.05, 4.69) is 10.2 Å². The van der Waals surface area contributed by atoms with E-state index in [0.717, 1.165) is 5.56 Å². The lowest BCUT2D eigenvalue weighted by molar-refractivity contribution is 0.132. The summed E-state index contributed by atoms with van der Waals surface area (Å²) in [5.41, 5.74) is 7.19. The lowest BCUT2D eigenvalue weighted by Gasteiger charge is -2.25. The Bertz CT molecular complexity index is 697. The Hall–Kier alpha value is -2.77. The summed E-state index contributed by atoms with van der Waals surface area (Å²) < 4.78 is 7.13. The molecule has 1 aliphatic rings. The Morgan fingerprint density at radius 1 is 1.38 bits per heavy atom. The molecule has 3 N–H and O–H groups in total. The van der Waals surface area contributed by atoms with Crippen molar-refractivity contribution in [2.24, 2.45) is 0 Å². The number of methoxy groups -OCH3 is 1. The predicted octanol–water partition coefficient (Wildman–Crippen LogP) is 1.03. The van der Waals surface area contributed by atoms with Crippen LogP contribution >= 0.6 is 0 Å². The van der Waals surface area contributed by atoms with Gasteiger partial charge in [-0.2, -0.15) is 0 Å². The molecule has 0 spiro atoms. The second-order valence-electron chi connectivity index (χ2n) is 4.75. The van der Waals surface area contributed by atoms with Gasteiger partial charge in [-0.15, -0.1) is 10.2 Å². The third-order valence-electron chi connectivity index (χ3n) is 3.52. The number of nitrogen functional groups attached to an aromatic ring is 1. The van der Waals surface area contributed by atoms with Crippen molar-refractivity contribution in [3.05, 3.63) is 24.0 Å². The third kappa shape index (κ3) is 2.24. The average Bonchev–Trinajstić information content (AvgIpc) is 2.90. The van der Waals surface area contributed by atoms with Crippen molar-refractivity contribution in [2.75, 3.05) is 19.4 Å². The van der Waals surface area contributed by atoms with E-state index in [4.69, 9.17) is 15.6 Å². The number of carboxylic acid groups (broad SMARTS) is 1. The molecule has 1 aromatic carbocycles. The first-order chi connectivity index (χ1) is 10.1. The van der Waals surface area contributed by atoms with Crippen LogP contribution in [0.15, 0.2) is 18.2 Å². The summed E-state index contributed by atoms with van der Waals surface area (Å²) in [5, 5.41) is 17.3. The Balaban J connectivity index is 1.97. The smallest absolute Gasteiger partial charge is 0.407 e. The van der Waals surface area contributed by atoms with Crippen LogP contribution in [0.4, 0.5) is 10.5 Å². The highest BCUT2D eigenvalue weighted by Crippen LogP contribution is 2.29. The van der Waals surface area contributed by atoms with E-state index in [1.807, 2.05) is 10.6 Å². The van der Waals surface area contributed by atoms with Crippen LogP contribution in [0.2, 0.25) is 0 Å². The van der Waals surface area contributed by atoms with Gasteiger partial charge in [0, 0.05) is 18.7 Å². The van der Waals surface area contributed by atoms with Gasteiger partial charge in [-0.25, -0.2) is 4.79 Å². The average molecular weight is 289 g/mol. The van der Waals surface area contributed by atoms with Crippen LogP contribution in [-0.4, -0.2) is 44.5 Å². The molecule has 110 valence electrons. The summed E-state index contributed by atoms with van der Waals surface area (Å²) in [6, 6.07) is 5.40. The number of benzene rings is 1. The highest BCUT2D eigenvalue weighted by atomic mass is 16.5. The fraction of sp³-hybridized carbons (Fsp3) is 0.308. The maximum absolute atomic E-state index is 11.0. The number of aromatic nitrogens is 3. The van der Waals surface area contributed by atoms with Gasteiger partial charge < -0.3 is 20.1 Å². The minimum Gasteiger partial charge on any atom is -0.495 e. The zero-order valence-corrected chi connectivity index (χ0v) is 11.5. The first kappa shape index (κ1) is 13.2. The Labute approximate surface area is 120 Å². The van der Waals surface area contributed by atoms with Gasteiger partial charge in [-0.05, 0) is 18.2 Å². The van der Waals surface area contributed by atoms with Crippen LogP contribution in [0.1, 0.15) is 5.82 Å². The van der Waals surface area contributed by atoms with Gasteiger partial charge in [0.1, 0.15) is 5.75 Å². The lowest BCUT2D eigenvalue weighted by atomic mass is 10.1. The summed E-state index contributed by atoms with van der Waals surface area (Å²) >= 11 is 0. The minimum atomic E-state index is -0.944. The van der Waals surface area contributed by atoms with E-state index in [-0.39, 0.29) is 6.54 Å². The predicted molar refractivity (Wildman–Crippen MR) is 74.9 cm³/mol. The van der Waals surface area contributed by atoms with E-state index in [0.29, 0.717) is 36.2 Å². The van der Waals surface area contributed by atoms with E-state index < -0.39 is 6.09 Å². The maximum Gasteiger partial charge on any atom is 0.407 e. The fourth-order valence-corrected chi connectivity index (χ4v) is 2.38. The SMILES string of the molecule is COc1cc(-c2nnc3n2CCN(C(=O)O)C3)ccc1N. The van der Waals surface area contributed by atoms with Crippen LogP contribution in [0.5, 0.6) is 5.75 Å². The Morgan fingerprint density at radius 3 is 2.90 bits per heavy atom. The van der Waals surface area contributed by atoms with Crippen molar-refractivity contribution >= 4 is 11.8 Å². The first-order valence-corrected chi connectivity index (χ1v) is 6.44. The van der Waals surface area contributed by atoms with Gasteiger partial charge in [0.2, 0.25) is 0 Å². The zero-order chi connectivity index (χ0) is 15.0. The minimum absolute atomic E-state index is 0.244. The topological polar surface area (TPSA) is 106 Å². The van der Waals surface area contributed by atoms with Gasteiger partial charge in [0.15, 0.2) is 11.6 Å². The van der Waals surface area contributed by atoms with E-state index in [1.54, 1.807) is 19.2 Å². The van der Waals surface area contributed by atoms with Crippen molar-refractivity contribution in [1.82, 2.24) is 19.7 Å². The third-order valence-corrected chi connectivity index (χ3v) is 3.52. The fourth-order valence-electron chi connectivity index (χ4n) is 2.38. The van der Waals surface area contributed by atoms with Crippen LogP contribution in [0, 0.1) is 0 Å². The number of nitrogens with zero attached hydrogens (tertiary/aromatic N) is 4. The van der Waals surface area contributed by atoms with Crippen LogP contribution in [0.3, 0.4) is 0 Å². The van der Waals surface area contributed by atoms with Crippen molar-refractivity contribution in [3.8, 4) is 17.1 Å². The molecule has 0 bridgehead atoms. The van der Waals surface area contributed by atoms with E-state index in [1.165, 1.54) is 4.90 Å². The monoisotopic (exact) mass is 289 g/mol. The van der Waals surface area contributed by atoms with Gasteiger partial charge in [0.05, 0.1) is 19.3 Å². The molecule has 8 heteroatoms. The summed E-state index contributed by atoms with van der Waals surface area (Å²) in [5.74, 6) is 1.90. The molecule has 0 unspecified atom stereocenters. The molecule has 0 fully saturated rings. The molecule has 0 saturated carbocycles. The highest BCUT2D eigenvalue weighted by molar-refractivity contribution is 5.67. The molecule has 21 heavy (non-hydrogen) atoms. The standard InChI is InChI=1S/C13H15N5O3/c1-21-10-6-8(2-3-9(10)14)12-16-15-11-7-17(13(19)20)4-5-18(11)12/h2-3,6H,4-5,7,14H2,1H3,(H,19,20). The molecule has 1 aliphatic heterocycles. The van der Waals surface area contributed by atoms with Gasteiger partial charge in [0.25, 0.3) is 0 Å². The van der Waals surface area contributed by atoms with Gasteiger partial charge in [-0.1, -0.05) is 0 Å². The molecule has 0 aliphatic carbocycles. The number of nitrogens with two attached hydrogens (primary N) is 1. The van der Waals surface area contributed by atoms with E-state index in [9.17, 15) is 4.79 Å². The first-order valence-electron chi connectivity index (χ1n) is 6.44. The second-order valence-corrected chi connectivity index (χ2v) is 4.75. The van der Waals surface area contributed by atoms with E-state index >= 15 is 0 Å². The molecule has 1 amide bonds. The van der Waals surface area contributed by atoms with Crippen molar-refractivity contribution in [2.45, 2.75) is 13.1 Å². The summed E-state index contributed by atoms with van der Waals surface area (Å²) in [4.78, 5) is 12.3. The number of amides is 1. The highest BCUT2D eigenvalue weighted by Gasteiger charge is 2.24. The van der Waals surface area contributed by atoms with Gasteiger partial charge in [-0.3, -0.25) is 4.90 Å². The molecule has 0 atom stereocenters. The molecule has 3 rings (SSSR count). The van der Waals surface area contributed by atoms with Crippen molar-refractivity contribution in [3.63, 3.8) is 0 Å². The van der Waals surface area contributed by atoms with Crippen LogP contribution in [-0.2, 0) is 13.1 Å². The number of anilines is 1. The maximum atomic E-state index is 11.0.